The second-order valence-electron chi connectivity index (χ2n) is 34.7. The van der Waals surface area contributed by atoms with Crippen molar-refractivity contribution in [2.24, 2.45) is 41.2 Å². The fourth-order valence-electron chi connectivity index (χ4n) is 15.9. The zero-order valence-corrected chi connectivity index (χ0v) is 76.2. The van der Waals surface area contributed by atoms with Crippen molar-refractivity contribution < 1.29 is 86.1 Å². The number of benzene rings is 6. The Balaban J connectivity index is 0.000000213. The monoisotopic (exact) mass is 1730 g/mol. The van der Waals surface area contributed by atoms with Gasteiger partial charge in [0, 0.05) is 85.4 Å². The summed E-state index contributed by atoms with van der Waals surface area (Å²) in [6, 6.07) is 41.1. The standard InChI is InChI=1S/C21H26N2O3.C20H29NO3S.C19H30N2O4.2C19H25NO4/c1-21(2,16-10-12-23-13-11-16)26-20(25)15-8-6-14(7-9-15)17-4-3-5-18(22)19(17)24;1-15(22)25-14-17(13-16-7-5-4-6-8-16)19(23)24-20(2,3)18-9-11-21-12-10-18;1-19(2,14-7-9-21-10-8-14)25-18(22)12-15(20)13-5-6-16(23-3)17(11-13)24-4;1-14(21)23-17-7-4-15(5-8-17)6-9-18(22)24-19(2,3)16-10-12-20-13-11-16;1-14(21)23-17-7-5-4-6-15(17)8-9-18(22)24-19(2,3)16-10-12-20-13-11-16/h3-9,16,23-24H,10-13,22H2,1-2H3;4-8,17-18,21H,9-14H2,1-3H3;5-6,11,14-15,21H,7-10,12,20H2,1-4H3;2*4-9,16,20H,10-13H2,1-3H3/b;;;9-6+;9-8+. The molecule has 6 aromatic carbocycles. The van der Waals surface area contributed by atoms with Crippen LogP contribution in [0.15, 0.2) is 152 Å². The molecule has 26 heteroatoms. The summed E-state index contributed by atoms with van der Waals surface area (Å²) in [6.45, 7) is 33.7. The molecule has 5 saturated heterocycles. The predicted octanol–water partition coefficient (Wildman–Crippen LogP) is 15.3. The van der Waals surface area contributed by atoms with Crippen LogP contribution in [0.25, 0.3) is 23.3 Å². The van der Waals surface area contributed by atoms with Crippen molar-refractivity contribution >= 4 is 76.5 Å². The highest BCUT2D eigenvalue weighted by Crippen LogP contribution is 2.39. The van der Waals surface area contributed by atoms with E-state index in [1.807, 2.05) is 112 Å². The highest BCUT2D eigenvalue weighted by molar-refractivity contribution is 8.13. The van der Waals surface area contributed by atoms with Crippen molar-refractivity contribution in [2.75, 3.05) is 91.2 Å². The molecule has 6 aromatic rings. The zero-order chi connectivity index (χ0) is 90.6. The number of carbonyl (C=O) groups is 8. The number of para-hydroxylation sites is 2. The molecule has 2 unspecified atom stereocenters. The van der Waals surface area contributed by atoms with Crippen LogP contribution >= 0.6 is 11.8 Å². The molecular formula is C98H135N7O18S. The second kappa shape index (κ2) is 49.7. The quantitative estimate of drug-likeness (QED) is 0.00565. The number of rotatable bonds is 28. The molecule has 0 bridgehead atoms. The maximum Gasteiger partial charge on any atom is 0.338 e. The molecule has 10 N–H and O–H groups in total. The van der Waals surface area contributed by atoms with Crippen LogP contribution < -0.4 is 57.0 Å². The van der Waals surface area contributed by atoms with Crippen LogP contribution in [0.5, 0.6) is 28.7 Å². The molecule has 0 aliphatic carbocycles. The van der Waals surface area contributed by atoms with Crippen molar-refractivity contribution in [3.8, 4) is 39.9 Å². The van der Waals surface area contributed by atoms with Crippen molar-refractivity contribution in [3.63, 3.8) is 0 Å². The Morgan fingerprint density at radius 3 is 1.39 bits per heavy atom. The van der Waals surface area contributed by atoms with Crippen LogP contribution in [0, 0.1) is 35.5 Å². The molecule has 676 valence electrons. The van der Waals surface area contributed by atoms with Gasteiger partial charge in [0.25, 0.3) is 0 Å². The lowest BCUT2D eigenvalue weighted by Gasteiger charge is -2.37. The van der Waals surface area contributed by atoms with Crippen molar-refractivity contribution in [3.05, 3.63) is 179 Å². The van der Waals surface area contributed by atoms with E-state index < -0.39 is 46.0 Å². The van der Waals surface area contributed by atoms with E-state index in [9.17, 15) is 43.5 Å². The number of piperidine rings is 5. The second-order valence-corrected chi connectivity index (χ2v) is 35.9. The number of hydrogen-bond acceptors (Lipinski definition) is 26. The maximum absolute atomic E-state index is 12.9. The SMILES string of the molecule is CC(=O)Oc1ccc(/C=C/C(=O)OC(C)(C)C2CCNCC2)cc1.CC(=O)Oc1ccccc1/C=C/C(=O)OC(C)(C)C1CCNCC1.CC(=O)SCC(Cc1ccccc1)C(=O)OC(C)(C)C1CCNCC1.CC(C)(OC(=O)c1ccc(-c2cccc(N)c2O)cc1)C1CCNCC1.COc1ccc(C(N)CC(=O)OC(C)(C)C2CCNCC2)cc1OC. The molecule has 0 radical (unpaired) electrons. The van der Waals surface area contributed by atoms with Crippen LogP contribution in [-0.4, -0.2) is 165 Å². The summed E-state index contributed by atoms with van der Waals surface area (Å²) in [5.74, 6) is 1.88. The third-order valence-corrected chi connectivity index (χ3v) is 24.4. The number of methoxy groups -OCH3 is 2. The summed E-state index contributed by atoms with van der Waals surface area (Å²) < 4.78 is 49.5. The number of thioether (sulfide) groups is 1. The van der Waals surface area contributed by atoms with E-state index in [2.05, 4.69) is 26.6 Å². The van der Waals surface area contributed by atoms with E-state index in [4.69, 9.17) is 54.1 Å². The van der Waals surface area contributed by atoms with Gasteiger partial charge >= 0.3 is 41.8 Å². The summed E-state index contributed by atoms with van der Waals surface area (Å²) in [7, 11) is 3.15. The molecule has 2 atom stereocenters. The molecule has 25 nitrogen and oxygen atoms in total. The molecule has 11 rings (SSSR count). The Kier molecular flexibility index (Phi) is 40.5. The van der Waals surface area contributed by atoms with Gasteiger partial charge in [-0.15, -0.1) is 0 Å². The third kappa shape index (κ3) is 33.9. The number of ether oxygens (including phenoxy) is 9. The number of aromatic hydroxyl groups is 1. The Hall–Kier alpha value is -9.93. The molecule has 0 amide bonds. The van der Waals surface area contributed by atoms with Crippen molar-refractivity contribution in [2.45, 2.75) is 201 Å². The number of phenolic OH excluding ortho intramolecular Hbond substituents is 1. The first kappa shape index (κ1) is 101. The smallest absolute Gasteiger partial charge is 0.338 e. The van der Waals surface area contributed by atoms with Gasteiger partial charge in [-0.25, -0.2) is 14.4 Å². The van der Waals surface area contributed by atoms with Crippen molar-refractivity contribution in [1.29, 1.82) is 0 Å². The van der Waals surface area contributed by atoms with Crippen molar-refractivity contribution in [1.82, 2.24) is 26.6 Å². The van der Waals surface area contributed by atoms with Crippen LogP contribution in [0.3, 0.4) is 0 Å². The van der Waals surface area contributed by atoms with Gasteiger partial charge in [0.1, 0.15) is 45.3 Å². The highest BCUT2D eigenvalue weighted by Gasteiger charge is 2.40. The molecule has 0 aromatic heterocycles. The molecule has 5 fully saturated rings. The summed E-state index contributed by atoms with van der Waals surface area (Å²) in [5, 5.41) is 26.8. The summed E-state index contributed by atoms with van der Waals surface area (Å²) in [6.07, 6.45) is 17.0. The minimum Gasteiger partial charge on any atom is -0.505 e. The maximum atomic E-state index is 12.9. The molecule has 124 heavy (non-hydrogen) atoms. The molecule has 0 spiro atoms. The lowest BCUT2D eigenvalue weighted by atomic mass is 9.83. The average molecular weight is 1730 g/mol. The number of carbonyl (C=O) groups excluding carboxylic acids is 8. The van der Waals surface area contributed by atoms with Gasteiger partial charge in [-0.05, 0) is 288 Å². The lowest BCUT2D eigenvalue weighted by molar-refractivity contribution is -0.167. The summed E-state index contributed by atoms with van der Waals surface area (Å²) >= 11 is 1.20. The Bertz CT molecular complexity index is 4440. The number of nitrogens with two attached hydrogens (primary N) is 2. The Labute approximate surface area is 738 Å². The van der Waals surface area contributed by atoms with E-state index in [0.717, 1.165) is 152 Å². The van der Waals surface area contributed by atoms with Gasteiger partial charge in [0.15, 0.2) is 16.6 Å². The van der Waals surface area contributed by atoms with Gasteiger partial charge in [0.2, 0.25) is 0 Å². The minimum atomic E-state index is -0.501. The van der Waals surface area contributed by atoms with Gasteiger partial charge < -0.3 is 85.8 Å². The number of nitrogens with one attached hydrogen (secondary N) is 5. The number of phenols is 1. The zero-order valence-electron chi connectivity index (χ0n) is 75.3. The lowest BCUT2D eigenvalue weighted by Crippen LogP contribution is -2.44. The van der Waals surface area contributed by atoms with Gasteiger partial charge in [-0.2, -0.15) is 0 Å². The van der Waals surface area contributed by atoms with E-state index in [-0.39, 0.29) is 53.1 Å². The average Bonchev–Trinajstić information content (AvgIpc) is 0.814. The van der Waals surface area contributed by atoms with Crippen LogP contribution in [0.4, 0.5) is 5.69 Å². The first-order chi connectivity index (χ1) is 58.9. The predicted molar refractivity (Wildman–Crippen MR) is 488 cm³/mol. The summed E-state index contributed by atoms with van der Waals surface area (Å²) in [5.41, 5.74) is 15.2. The molecule has 0 saturated carbocycles. The van der Waals surface area contributed by atoms with Crippen LogP contribution in [0.2, 0.25) is 0 Å². The Morgan fingerprint density at radius 2 is 0.919 bits per heavy atom. The fourth-order valence-corrected chi connectivity index (χ4v) is 16.5. The van der Waals surface area contributed by atoms with Gasteiger partial charge in [-0.1, -0.05) is 103 Å². The topological polar surface area (TPSA) is 352 Å². The fraction of sp³-hybridized carbons (Fsp3) is 0.510. The minimum absolute atomic E-state index is 0.0310. The molecule has 5 aliphatic rings. The molecular weight excluding hydrogens is 1600 g/mol. The van der Waals surface area contributed by atoms with E-state index >= 15 is 0 Å². The van der Waals surface area contributed by atoms with E-state index in [1.54, 1.807) is 123 Å². The van der Waals surface area contributed by atoms with Gasteiger partial charge in [0.05, 0.1) is 37.8 Å². The number of anilines is 1. The third-order valence-electron chi connectivity index (χ3n) is 23.4. The number of hydrogen-bond donors (Lipinski definition) is 8. The highest BCUT2D eigenvalue weighted by atomic mass is 32.2. The van der Waals surface area contributed by atoms with E-state index in [0.29, 0.717) is 87.1 Å². The molecule has 5 heterocycles. The Morgan fingerprint density at radius 1 is 0.476 bits per heavy atom. The first-order valence-corrected chi connectivity index (χ1v) is 44.3. The number of nitrogen functional groups attached to an aromatic ring is 1. The normalized spacial score (nSPS) is 16.4. The molecule has 5 aliphatic heterocycles. The van der Waals surface area contributed by atoms with Gasteiger partial charge in [-0.3, -0.25) is 24.0 Å². The largest absolute Gasteiger partial charge is 0.505 e. The van der Waals surface area contributed by atoms with E-state index in [1.165, 1.54) is 44.7 Å². The van der Waals surface area contributed by atoms with Crippen LogP contribution in [-0.2, 0) is 63.7 Å². The first-order valence-electron chi connectivity index (χ1n) is 43.3. The number of esters is 7. The van der Waals surface area contributed by atoms with Crippen LogP contribution in [0.1, 0.15) is 199 Å². The summed E-state index contributed by atoms with van der Waals surface area (Å²) in [4.78, 5) is 95.4.